The van der Waals surface area contributed by atoms with Crippen molar-refractivity contribution in [3.63, 3.8) is 0 Å². The number of carbonyl (C=O) groups is 1. The summed E-state index contributed by atoms with van der Waals surface area (Å²) in [5.74, 6) is -0.968. The fourth-order valence-electron chi connectivity index (χ4n) is 3.71. The first-order valence-corrected chi connectivity index (χ1v) is 9.96. The molecule has 0 bridgehead atoms. The molecule has 0 radical (unpaired) electrons. The van der Waals surface area contributed by atoms with Crippen LogP contribution in [-0.4, -0.2) is 28.6 Å². The van der Waals surface area contributed by atoms with Gasteiger partial charge in [-0.1, -0.05) is 52.2 Å². The van der Waals surface area contributed by atoms with Crippen molar-refractivity contribution in [3.8, 4) is 0 Å². The maximum absolute atomic E-state index is 13.4. The average molecular weight is 477 g/mol. The maximum atomic E-state index is 13.4. The average Bonchev–Trinajstić information content (AvgIpc) is 2.63. The molecule has 1 saturated heterocycles. The molecule has 2 aromatic rings. The van der Waals surface area contributed by atoms with Crippen LogP contribution in [0.15, 0.2) is 46.9 Å². The topological polar surface area (TPSA) is 40.5 Å². The van der Waals surface area contributed by atoms with E-state index in [4.69, 9.17) is 11.6 Å². The number of nitrogens with zero attached hydrogens (tertiary/aromatic N) is 1. The van der Waals surface area contributed by atoms with Crippen LogP contribution in [0, 0.1) is 0 Å². The second-order valence-electron chi connectivity index (χ2n) is 6.78. The summed E-state index contributed by atoms with van der Waals surface area (Å²) < 4.78 is 41.0. The molecule has 1 fully saturated rings. The van der Waals surface area contributed by atoms with Gasteiger partial charge in [0.2, 0.25) is 0 Å². The van der Waals surface area contributed by atoms with E-state index in [-0.39, 0.29) is 5.02 Å². The molecule has 0 aromatic heterocycles. The molecule has 3 nitrogen and oxygen atoms in total. The zero-order chi connectivity index (χ0) is 20.5. The van der Waals surface area contributed by atoms with Crippen molar-refractivity contribution < 1.29 is 23.1 Å². The summed E-state index contributed by atoms with van der Waals surface area (Å²) in [5, 5.41) is 9.30. The zero-order valence-electron chi connectivity index (χ0n) is 14.7. The van der Waals surface area contributed by atoms with Gasteiger partial charge < -0.3 is 5.11 Å². The molecule has 1 N–H and O–H groups in total. The molecule has 0 aliphatic carbocycles. The Kier molecular flexibility index (Phi) is 6.37. The van der Waals surface area contributed by atoms with Crippen molar-refractivity contribution >= 4 is 33.5 Å². The summed E-state index contributed by atoms with van der Waals surface area (Å²) in [6.45, 7) is 0.484. The highest BCUT2D eigenvalue weighted by molar-refractivity contribution is 9.10. The van der Waals surface area contributed by atoms with E-state index >= 15 is 0 Å². The highest BCUT2D eigenvalue weighted by Gasteiger charge is 2.38. The summed E-state index contributed by atoms with van der Waals surface area (Å²) >= 11 is 9.18. The number of benzene rings is 2. The first-order chi connectivity index (χ1) is 13.2. The van der Waals surface area contributed by atoms with Gasteiger partial charge in [-0.15, -0.1) is 0 Å². The van der Waals surface area contributed by atoms with Gasteiger partial charge in [0.05, 0.1) is 16.6 Å². The van der Waals surface area contributed by atoms with Gasteiger partial charge >= 0.3 is 12.1 Å². The first-order valence-electron chi connectivity index (χ1n) is 8.79. The van der Waals surface area contributed by atoms with E-state index in [1.54, 1.807) is 23.1 Å². The van der Waals surface area contributed by atoms with Crippen molar-refractivity contribution in [1.82, 2.24) is 4.90 Å². The minimum atomic E-state index is -4.59. The Balaban J connectivity index is 2.16. The number of hydrogen-bond donors (Lipinski definition) is 1. The molecule has 28 heavy (non-hydrogen) atoms. The van der Waals surface area contributed by atoms with Gasteiger partial charge in [0, 0.05) is 4.47 Å². The molecular weight excluding hydrogens is 459 g/mol. The minimum absolute atomic E-state index is 0.364. The van der Waals surface area contributed by atoms with Gasteiger partial charge in [-0.2, -0.15) is 13.2 Å². The number of hydrogen-bond acceptors (Lipinski definition) is 2. The van der Waals surface area contributed by atoms with Gasteiger partial charge in [0.25, 0.3) is 0 Å². The third-order valence-electron chi connectivity index (χ3n) is 4.94. The van der Waals surface area contributed by atoms with Crippen molar-refractivity contribution in [2.45, 2.75) is 37.5 Å². The largest absolute Gasteiger partial charge is 0.480 e. The Morgan fingerprint density at radius 1 is 1.18 bits per heavy atom. The summed E-state index contributed by atoms with van der Waals surface area (Å²) in [7, 11) is 0. The molecular formula is C20H18BrClF3NO2. The molecule has 1 heterocycles. The van der Waals surface area contributed by atoms with Gasteiger partial charge in [-0.05, 0) is 54.8 Å². The standard InChI is InChI=1S/C20H18BrClF3NO2/c21-14-5-3-4-12(10-14)18(26-9-2-1-6-17(26)19(27)28)13-7-8-16(22)15(11-13)20(23,24)25/h3-5,7-8,10-11,17-18H,1-2,6,9H2,(H,27,28). The maximum Gasteiger partial charge on any atom is 0.417 e. The molecule has 2 atom stereocenters. The number of halogens is 5. The predicted molar refractivity (Wildman–Crippen MR) is 104 cm³/mol. The molecule has 0 amide bonds. The summed E-state index contributed by atoms with van der Waals surface area (Å²) in [6, 6.07) is 9.61. The predicted octanol–water partition coefficient (Wildman–Crippen LogP) is 6.15. The lowest BCUT2D eigenvalue weighted by molar-refractivity contribution is -0.145. The third-order valence-corrected chi connectivity index (χ3v) is 5.76. The molecule has 1 aliphatic heterocycles. The monoisotopic (exact) mass is 475 g/mol. The summed E-state index contributed by atoms with van der Waals surface area (Å²) in [5.41, 5.74) is 0.163. The number of aliphatic carboxylic acids is 1. The van der Waals surface area contributed by atoms with E-state index in [9.17, 15) is 23.1 Å². The summed E-state index contributed by atoms with van der Waals surface area (Å²) in [4.78, 5) is 13.6. The SMILES string of the molecule is O=C(O)C1CCCCN1C(c1cccc(Br)c1)c1ccc(Cl)c(C(F)(F)F)c1. The van der Waals surface area contributed by atoms with Crippen LogP contribution in [0.3, 0.4) is 0 Å². The smallest absolute Gasteiger partial charge is 0.417 e. The molecule has 0 saturated carbocycles. The quantitative estimate of drug-likeness (QED) is 0.575. The van der Waals surface area contributed by atoms with Crippen LogP contribution in [0.2, 0.25) is 5.02 Å². The second kappa shape index (κ2) is 8.43. The molecule has 2 unspecified atom stereocenters. The van der Waals surface area contributed by atoms with Crippen LogP contribution in [0.5, 0.6) is 0 Å². The molecule has 8 heteroatoms. The molecule has 1 aliphatic rings. The van der Waals surface area contributed by atoms with E-state index in [1.165, 1.54) is 12.1 Å². The normalized spacial score (nSPS) is 19.4. The van der Waals surface area contributed by atoms with Crippen LogP contribution in [0.4, 0.5) is 13.2 Å². The van der Waals surface area contributed by atoms with E-state index < -0.39 is 29.8 Å². The Labute approximate surface area is 174 Å². The van der Waals surface area contributed by atoms with E-state index in [0.717, 1.165) is 28.9 Å². The molecule has 150 valence electrons. The lowest BCUT2D eigenvalue weighted by Crippen LogP contribution is -2.46. The molecule has 2 aromatic carbocycles. The number of piperidine rings is 1. The Morgan fingerprint density at radius 3 is 2.54 bits per heavy atom. The van der Waals surface area contributed by atoms with Crippen molar-refractivity contribution in [2.24, 2.45) is 0 Å². The van der Waals surface area contributed by atoms with E-state index in [2.05, 4.69) is 15.9 Å². The fraction of sp³-hybridized carbons (Fsp3) is 0.350. The van der Waals surface area contributed by atoms with Gasteiger partial charge in [0.15, 0.2) is 0 Å². The molecule has 3 rings (SSSR count). The second-order valence-corrected chi connectivity index (χ2v) is 8.11. The number of rotatable bonds is 4. The van der Waals surface area contributed by atoms with Crippen LogP contribution < -0.4 is 0 Å². The van der Waals surface area contributed by atoms with Crippen LogP contribution >= 0.6 is 27.5 Å². The van der Waals surface area contributed by atoms with Crippen molar-refractivity contribution in [2.75, 3.05) is 6.54 Å². The minimum Gasteiger partial charge on any atom is -0.480 e. The Hall–Kier alpha value is -1.57. The Morgan fingerprint density at radius 2 is 1.89 bits per heavy atom. The van der Waals surface area contributed by atoms with E-state index in [0.29, 0.717) is 18.5 Å². The fourth-order valence-corrected chi connectivity index (χ4v) is 4.35. The van der Waals surface area contributed by atoms with Gasteiger partial charge in [-0.25, -0.2) is 0 Å². The lowest BCUT2D eigenvalue weighted by Gasteiger charge is -2.40. The van der Waals surface area contributed by atoms with Crippen LogP contribution in [-0.2, 0) is 11.0 Å². The Bertz CT molecular complexity index is 875. The number of carboxylic acid groups (broad SMARTS) is 1. The van der Waals surface area contributed by atoms with Crippen LogP contribution in [0.1, 0.15) is 42.0 Å². The summed E-state index contributed by atoms with van der Waals surface area (Å²) in [6.07, 6.45) is -2.58. The molecule has 0 spiro atoms. The van der Waals surface area contributed by atoms with Gasteiger partial charge in [0.1, 0.15) is 6.04 Å². The number of likely N-dealkylation sites (tertiary alicyclic amines) is 1. The van der Waals surface area contributed by atoms with Crippen LogP contribution in [0.25, 0.3) is 0 Å². The zero-order valence-corrected chi connectivity index (χ0v) is 17.1. The van der Waals surface area contributed by atoms with Gasteiger partial charge in [-0.3, -0.25) is 9.69 Å². The highest BCUT2D eigenvalue weighted by atomic mass is 79.9. The van der Waals surface area contributed by atoms with E-state index in [1.807, 2.05) is 6.07 Å². The number of alkyl halides is 3. The van der Waals surface area contributed by atoms with Crippen molar-refractivity contribution in [3.05, 3.63) is 68.7 Å². The highest BCUT2D eigenvalue weighted by Crippen LogP contribution is 2.40. The number of carboxylic acids is 1. The lowest BCUT2D eigenvalue weighted by atomic mass is 9.91. The first kappa shape index (κ1) is 21.1. The van der Waals surface area contributed by atoms with Crippen molar-refractivity contribution in [1.29, 1.82) is 0 Å². The third kappa shape index (κ3) is 4.53.